The van der Waals surface area contributed by atoms with Crippen molar-refractivity contribution in [1.82, 2.24) is 5.32 Å². The van der Waals surface area contributed by atoms with E-state index in [1.807, 2.05) is 6.92 Å². The summed E-state index contributed by atoms with van der Waals surface area (Å²) in [6.07, 6.45) is 1.03. The Hall–Kier alpha value is 0.160. The highest BCUT2D eigenvalue weighted by molar-refractivity contribution is 14.1. The molecule has 0 spiro atoms. The van der Waals surface area contributed by atoms with E-state index >= 15 is 0 Å². The van der Waals surface area contributed by atoms with Crippen LogP contribution < -0.4 is 5.32 Å². The molecule has 0 aromatic rings. The molecule has 0 heterocycles. The van der Waals surface area contributed by atoms with Crippen LogP contribution in [0.25, 0.3) is 0 Å². The third-order valence-electron chi connectivity index (χ3n) is 1.07. The Labute approximate surface area is 81.0 Å². The molecule has 0 bridgehead atoms. The first kappa shape index (κ1) is 11.2. The van der Waals surface area contributed by atoms with Crippen molar-refractivity contribution in [3.05, 3.63) is 0 Å². The first-order valence-electron chi connectivity index (χ1n) is 3.71. The number of ether oxygens (including phenoxy) is 1. The lowest BCUT2D eigenvalue weighted by Gasteiger charge is -2.02. The highest BCUT2D eigenvalue weighted by atomic mass is 127. The number of amides is 1. The first-order chi connectivity index (χ1) is 5.31. The maximum absolute atomic E-state index is 10.8. The van der Waals surface area contributed by atoms with E-state index in [0.29, 0.717) is 6.61 Å². The molecule has 4 heteroatoms. The van der Waals surface area contributed by atoms with Gasteiger partial charge in [0.15, 0.2) is 0 Å². The summed E-state index contributed by atoms with van der Waals surface area (Å²) in [5.74, 6) is -0.0169. The largest absolute Gasteiger partial charge is 0.372 e. The van der Waals surface area contributed by atoms with Gasteiger partial charge in [-0.05, 0) is 13.3 Å². The minimum Gasteiger partial charge on any atom is -0.372 e. The Kier molecular flexibility index (Phi) is 8.38. The van der Waals surface area contributed by atoms with Crippen LogP contribution in [0, 0.1) is 0 Å². The lowest BCUT2D eigenvalue weighted by atomic mass is 10.5. The Morgan fingerprint density at radius 1 is 1.64 bits per heavy atom. The van der Waals surface area contributed by atoms with Crippen LogP contribution in [0.5, 0.6) is 0 Å². The van der Waals surface area contributed by atoms with Gasteiger partial charge in [0.2, 0.25) is 5.91 Å². The molecule has 0 saturated carbocycles. The topological polar surface area (TPSA) is 38.3 Å². The average Bonchev–Trinajstić information content (AvgIpc) is 2.01. The first-order valence-corrected chi connectivity index (χ1v) is 5.24. The van der Waals surface area contributed by atoms with Crippen molar-refractivity contribution < 1.29 is 9.53 Å². The van der Waals surface area contributed by atoms with Gasteiger partial charge in [-0.3, -0.25) is 4.79 Å². The van der Waals surface area contributed by atoms with E-state index in [4.69, 9.17) is 4.74 Å². The second-order valence-electron chi connectivity index (χ2n) is 2.03. The molecular formula is C7H14INO2. The van der Waals surface area contributed by atoms with E-state index in [1.165, 1.54) is 0 Å². The summed E-state index contributed by atoms with van der Waals surface area (Å²) in [6, 6.07) is 0. The lowest BCUT2D eigenvalue weighted by Crippen LogP contribution is -2.28. The standard InChI is InChI=1S/C7H14INO2/c1-2-11-6-7(10)9-5-3-4-8/h2-6H2,1H3,(H,9,10). The van der Waals surface area contributed by atoms with Crippen LogP contribution in [-0.4, -0.2) is 30.1 Å². The molecule has 3 nitrogen and oxygen atoms in total. The number of halogens is 1. The van der Waals surface area contributed by atoms with Gasteiger partial charge in [0, 0.05) is 17.6 Å². The molecule has 0 unspecified atom stereocenters. The normalized spacial score (nSPS) is 9.64. The fourth-order valence-electron chi connectivity index (χ4n) is 0.540. The van der Waals surface area contributed by atoms with E-state index in [2.05, 4.69) is 27.9 Å². The molecule has 0 aliphatic carbocycles. The molecule has 0 radical (unpaired) electrons. The van der Waals surface area contributed by atoms with Crippen molar-refractivity contribution in [2.24, 2.45) is 0 Å². The lowest BCUT2D eigenvalue weighted by molar-refractivity contribution is -0.125. The number of nitrogens with one attached hydrogen (secondary N) is 1. The minimum absolute atomic E-state index is 0.0169. The van der Waals surface area contributed by atoms with Crippen LogP contribution in [0.15, 0.2) is 0 Å². The molecule has 1 amide bonds. The van der Waals surface area contributed by atoms with E-state index in [9.17, 15) is 4.79 Å². The zero-order valence-electron chi connectivity index (χ0n) is 6.73. The van der Waals surface area contributed by atoms with Crippen LogP contribution in [0.4, 0.5) is 0 Å². The smallest absolute Gasteiger partial charge is 0.245 e. The molecular weight excluding hydrogens is 257 g/mol. The van der Waals surface area contributed by atoms with Gasteiger partial charge in [0.1, 0.15) is 6.61 Å². The van der Waals surface area contributed by atoms with Crippen molar-refractivity contribution in [2.75, 3.05) is 24.2 Å². The summed E-state index contributed by atoms with van der Waals surface area (Å²) in [5, 5.41) is 2.75. The average molecular weight is 271 g/mol. The molecule has 0 aromatic carbocycles. The number of hydrogen-bond acceptors (Lipinski definition) is 2. The molecule has 0 fully saturated rings. The van der Waals surface area contributed by atoms with Crippen LogP contribution in [-0.2, 0) is 9.53 Å². The predicted octanol–water partition coefficient (Wildman–Crippen LogP) is 0.964. The zero-order valence-corrected chi connectivity index (χ0v) is 8.89. The Balaban J connectivity index is 3.09. The van der Waals surface area contributed by atoms with Crippen molar-refractivity contribution in [3.8, 4) is 0 Å². The SMILES string of the molecule is CCOCC(=O)NCCCI. The summed E-state index contributed by atoms with van der Waals surface area (Å²) in [5.41, 5.74) is 0. The molecule has 0 aromatic heterocycles. The predicted molar refractivity (Wildman–Crippen MR) is 53.0 cm³/mol. The summed E-state index contributed by atoms with van der Waals surface area (Å²) >= 11 is 2.28. The monoisotopic (exact) mass is 271 g/mol. The third kappa shape index (κ3) is 8.06. The quantitative estimate of drug-likeness (QED) is 0.444. The fraction of sp³-hybridized carbons (Fsp3) is 0.857. The van der Waals surface area contributed by atoms with Gasteiger partial charge >= 0.3 is 0 Å². The molecule has 0 aliphatic heterocycles. The second-order valence-corrected chi connectivity index (χ2v) is 3.11. The molecule has 0 rings (SSSR count). The van der Waals surface area contributed by atoms with Crippen LogP contribution >= 0.6 is 22.6 Å². The van der Waals surface area contributed by atoms with Gasteiger partial charge < -0.3 is 10.1 Å². The maximum atomic E-state index is 10.8. The Morgan fingerprint density at radius 3 is 2.91 bits per heavy atom. The number of carbonyl (C=O) groups is 1. The van der Waals surface area contributed by atoms with Gasteiger partial charge in [-0.2, -0.15) is 0 Å². The van der Waals surface area contributed by atoms with Crippen molar-refractivity contribution in [3.63, 3.8) is 0 Å². The highest BCUT2D eigenvalue weighted by Crippen LogP contribution is 1.85. The van der Waals surface area contributed by atoms with Crippen molar-refractivity contribution in [1.29, 1.82) is 0 Å². The van der Waals surface area contributed by atoms with E-state index in [-0.39, 0.29) is 12.5 Å². The number of carbonyl (C=O) groups excluding carboxylic acids is 1. The van der Waals surface area contributed by atoms with Crippen molar-refractivity contribution >= 4 is 28.5 Å². The minimum atomic E-state index is -0.0169. The molecule has 0 atom stereocenters. The zero-order chi connectivity index (χ0) is 8.53. The van der Waals surface area contributed by atoms with Crippen LogP contribution in [0.2, 0.25) is 0 Å². The van der Waals surface area contributed by atoms with Crippen molar-refractivity contribution in [2.45, 2.75) is 13.3 Å². The second kappa shape index (κ2) is 8.26. The summed E-state index contributed by atoms with van der Waals surface area (Å²) in [6.45, 7) is 3.42. The van der Waals surface area contributed by atoms with Gasteiger partial charge in [0.25, 0.3) is 0 Å². The van der Waals surface area contributed by atoms with Gasteiger partial charge in [0.05, 0.1) is 0 Å². The third-order valence-corrected chi connectivity index (χ3v) is 1.83. The highest BCUT2D eigenvalue weighted by Gasteiger charge is 1.97. The van der Waals surface area contributed by atoms with Crippen LogP contribution in [0.3, 0.4) is 0 Å². The van der Waals surface area contributed by atoms with Crippen LogP contribution in [0.1, 0.15) is 13.3 Å². The summed E-state index contributed by atoms with van der Waals surface area (Å²) < 4.78 is 5.99. The number of alkyl halides is 1. The summed E-state index contributed by atoms with van der Waals surface area (Å²) in [4.78, 5) is 10.8. The van der Waals surface area contributed by atoms with E-state index in [0.717, 1.165) is 17.4 Å². The van der Waals surface area contributed by atoms with Gasteiger partial charge in [-0.1, -0.05) is 22.6 Å². The molecule has 11 heavy (non-hydrogen) atoms. The number of hydrogen-bond donors (Lipinski definition) is 1. The van der Waals surface area contributed by atoms with Gasteiger partial charge in [-0.25, -0.2) is 0 Å². The van der Waals surface area contributed by atoms with E-state index in [1.54, 1.807) is 0 Å². The molecule has 0 aliphatic rings. The van der Waals surface area contributed by atoms with E-state index < -0.39 is 0 Å². The van der Waals surface area contributed by atoms with Gasteiger partial charge in [-0.15, -0.1) is 0 Å². The summed E-state index contributed by atoms with van der Waals surface area (Å²) in [7, 11) is 0. The maximum Gasteiger partial charge on any atom is 0.245 e. The molecule has 66 valence electrons. The fourth-order valence-corrected chi connectivity index (χ4v) is 0.922. The number of rotatable bonds is 6. The molecule has 1 N–H and O–H groups in total. The Morgan fingerprint density at radius 2 is 2.36 bits per heavy atom. The molecule has 0 saturated heterocycles. The Bertz CT molecular complexity index is 109.